The largest absolute Gasteiger partial charge is 0.487 e. The molecule has 1 aliphatic rings. The molecule has 270 valence electrons. The number of carboxylic acid groups (broad SMARTS) is 1. The van der Waals surface area contributed by atoms with Gasteiger partial charge in [-0.25, -0.2) is 9.37 Å². The highest BCUT2D eigenvalue weighted by Gasteiger charge is 2.41. The molecule has 0 spiro atoms. The SMILES string of the molecule is CCOC(=O)N1c2ccc(C(F)(F)F)cc2/C(=[N+](/Cc2cc(C(F)(F)F)cc(C(F)(F)F)c2)c2ncc(OCCCC(=O)O)cn2)C[C@H]1CC. The first kappa shape index (κ1) is 37.9. The van der Waals surface area contributed by atoms with E-state index < -0.39 is 65.4 Å². The third-order valence-corrected chi connectivity index (χ3v) is 7.60. The fraction of sp³-hybridized carbons (Fsp3) is 0.406. The second kappa shape index (κ2) is 14.9. The molecule has 1 aromatic heterocycles. The number of anilines is 1. The van der Waals surface area contributed by atoms with Crippen LogP contribution in [0.4, 0.5) is 55.9 Å². The lowest BCUT2D eigenvalue weighted by Crippen LogP contribution is -2.47. The van der Waals surface area contributed by atoms with Gasteiger partial charge in [0.1, 0.15) is 0 Å². The summed E-state index contributed by atoms with van der Waals surface area (Å²) in [6.45, 7) is 2.29. The lowest BCUT2D eigenvalue weighted by Gasteiger charge is -2.37. The number of aliphatic carboxylic acids is 1. The number of fused-ring (bicyclic) bond motifs is 1. The smallest absolute Gasteiger partial charge is 0.433 e. The van der Waals surface area contributed by atoms with Crippen LogP contribution < -0.4 is 9.64 Å². The van der Waals surface area contributed by atoms with E-state index in [1.807, 2.05) is 0 Å². The summed E-state index contributed by atoms with van der Waals surface area (Å²) in [4.78, 5) is 33.3. The number of hydrogen-bond donors (Lipinski definition) is 1. The van der Waals surface area contributed by atoms with Gasteiger partial charge in [-0.1, -0.05) is 16.9 Å². The van der Waals surface area contributed by atoms with E-state index in [0.717, 1.165) is 40.1 Å². The second-order valence-corrected chi connectivity index (χ2v) is 11.1. The summed E-state index contributed by atoms with van der Waals surface area (Å²) in [7, 11) is 0. The number of hydrogen-bond acceptors (Lipinski definition) is 6. The van der Waals surface area contributed by atoms with Crippen molar-refractivity contribution in [2.45, 2.75) is 70.6 Å². The van der Waals surface area contributed by atoms with Crippen molar-refractivity contribution in [1.82, 2.24) is 9.97 Å². The maximum absolute atomic E-state index is 14.0. The third-order valence-electron chi connectivity index (χ3n) is 7.60. The van der Waals surface area contributed by atoms with Crippen LogP contribution in [0.1, 0.15) is 67.3 Å². The van der Waals surface area contributed by atoms with Gasteiger partial charge in [-0.3, -0.25) is 9.69 Å². The fourth-order valence-corrected chi connectivity index (χ4v) is 5.31. The zero-order chi connectivity index (χ0) is 37.0. The lowest BCUT2D eigenvalue weighted by molar-refractivity contribution is -0.467. The van der Waals surface area contributed by atoms with Crippen LogP contribution in [0.3, 0.4) is 0 Å². The highest BCUT2D eigenvalue weighted by atomic mass is 19.4. The number of carbonyl (C=O) groups is 2. The molecule has 3 aromatic rings. The first-order valence-electron chi connectivity index (χ1n) is 15.1. The number of nitrogens with zero attached hydrogens (tertiary/aromatic N) is 4. The number of alkyl halides is 9. The Morgan fingerprint density at radius 2 is 1.50 bits per heavy atom. The van der Waals surface area contributed by atoms with Crippen LogP contribution in [-0.2, 0) is 34.6 Å². The molecule has 1 N–H and O–H groups in total. The number of halogens is 9. The summed E-state index contributed by atoms with van der Waals surface area (Å²) >= 11 is 0. The molecule has 0 saturated carbocycles. The van der Waals surface area contributed by atoms with Gasteiger partial charge in [0, 0.05) is 24.4 Å². The molecule has 0 unspecified atom stereocenters. The minimum Gasteiger partial charge on any atom is -0.487 e. The molecule has 0 fully saturated rings. The van der Waals surface area contributed by atoms with Crippen LogP contribution in [0.15, 0.2) is 48.8 Å². The van der Waals surface area contributed by atoms with Crippen molar-refractivity contribution in [1.29, 1.82) is 0 Å². The average molecular weight is 722 g/mol. The van der Waals surface area contributed by atoms with Crippen molar-refractivity contribution in [3.8, 4) is 5.75 Å². The minimum absolute atomic E-state index is 0.0282. The van der Waals surface area contributed by atoms with Gasteiger partial charge in [0.05, 0.1) is 47.8 Å². The predicted molar refractivity (Wildman–Crippen MR) is 158 cm³/mol. The molecule has 0 aliphatic carbocycles. The van der Waals surface area contributed by atoms with Crippen LogP contribution in [-0.4, -0.2) is 56.7 Å². The monoisotopic (exact) mass is 721 g/mol. The number of carbonyl (C=O) groups excluding carboxylic acids is 1. The van der Waals surface area contributed by atoms with E-state index in [1.165, 1.54) is 6.92 Å². The Bertz CT molecular complexity index is 1710. The van der Waals surface area contributed by atoms with Gasteiger partial charge in [0.2, 0.25) is 0 Å². The maximum Gasteiger partial charge on any atom is 0.433 e. The minimum atomic E-state index is -5.18. The van der Waals surface area contributed by atoms with Gasteiger partial charge in [-0.15, -0.1) is 0 Å². The molecule has 2 aromatic carbocycles. The Morgan fingerprint density at radius 3 is 2.02 bits per heavy atom. The molecule has 0 saturated heterocycles. The summed E-state index contributed by atoms with van der Waals surface area (Å²) in [5.74, 6) is -1.36. The van der Waals surface area contributed by atoms with Crippen molar-refractivity contribution < 1.29 is 68.3 Å². The van der Waals surface area contributed by atoms with Gasteiger partial charge < -0.3 is 14.6 Å². The number of benzene rings is 2. The van der Waals surface area contributed by atoms with E-state index in [9.17, 15) is 49.1 Å². The Morgan fingerprint density at radius 1 is 0.900 bits per heavy atom. The summed E-state index contributed by atoms with van der Waals surface area (Å²) in [5.41, 5.74) is -5.17. The molecule has 1 atom stereocenters. The zero-order valence-electron chi connectivity index (χ0n) is 26.4. The van der Waals surface area contributed by atoms with E-state index in [2.05, 4.69) is 9.97 Å². The first-order valence-corrected chi connectivity index (χ1v) is 15.1. The molecule has 2 heterocycles. The van der Waals surface area contributed by atoms with Crippen molar-refractivity contribution in [3.63, 3.8) is 0 Å². The molecule has 1 aliphatic heterocycles. The van der Waals surface area contributed by atoms with E-state index in [1.54, 1.807) is 6.92 Å². The molecule has 4 rings (SSSR count). The topological polar surface area (TPSA) is 105 Å². The average Bonchev–Trinajstić information content (AvgIpc) is 3.03. The standard InChI is InChI=1S/C32H29F9N4O5/c1-3-22-14-26(24-13-19(30(33,34)35)7-8-25(24)45(22)29(48)49-4-2)44(28-42-15-23(16-43-28)50-9-5-6-27(46)47)17-18-10-20(31(36,37)38)12-21(11-18)32(39,40)41/h7-8,10-13,15-16,22H,3-6,9,14,17H2,1-2H3/p+1/t22-/m1/s1. The van der Waals surface area contributed by atoms with Gasteiger partial charge >= 0.3 is 36.5 Å². The van der Waals surface area contributed by atoms with Crippen LogP contribution in [0.5, 0.6) is 5.75 Å². The molecule has 0 bridgehead atoms. The molecule has 0 radical (unpaired) electrons. The highest BCUT2D eigenvalue weighted by molar-refractivity contribution is 6.09. The van der Waals surface area contributed by atoms with Crippen LogP contribution in [0, 0.1) is 0 Å². The Labute approximate surface area is 279 Å². The number of amides is 1. The first-order chi connectivity index (χ1) is 23.3. The van der Waals surface area contributed by atoms with Crippen molar-refractivity contribution in [3.05, 3.63) is 76.6 Å². The van der Waals surface area contributed by atoms with E-state index in [-0.39, 0.29) is 73.6 Å². The predicted octanol–water partition coefficient (Wildman–Crippen LogP) is 8.26. The lowest BCUT2D eigenvalue weighted by atomic mass is 9.90. The van der Waals surface area contributed by atoms with E-state index in [0.29, 0.717) is 12.1 Å². The Balaban J connectivity index is 1.98. The molecule has 1 amide bonds. The fourth-order valence-electron chi connectivity index (χ4n) is 5.31. The molecular formula is C32H30F9N4O5+. The van der Waals surface area contributed by atoms with Crippen LogP contribution in [0.25, 0.3) is 0 Å². The summed E-state index contributed by atoms with van der Waals surface area (Å²) in [6.07, 6.45) is -14.0. The third kappa shape index (κ3) is 9.01. The maximum atomic E-state index is 14.0. The summed E-state index contributed by atoms with van der Waals surface area (Å²) < 4.78 is 136. The summed E-state index contributed by atoms with van der Waals surface area (Å²) in [5, 5.41) is 8.81. The van der Waals surface area contributed by atoms with Crippen molar-refractivity contribution in [2.24, 2.45) is 0 Å². The quantitative estimate of drug-likeness (QED) is 0.128. The van der Waals surface area contributed by atoms with E-state index >= 15 is 0 Å². The summed E-state index contributed by atoms with van der Waals surface area (Å²) in [6, 6.07) is 2.64. The van der Waals surface area contributed by atoms with Crippen LogP contribution in [0.2, 0.25) is 0 Å². The molecule has 50 heavy (non-hydrogen) atoms. The zero-order valence-corrected chi connectivity index (χ0v) is 26.4. The highest BCUT2D eigenvalue weighted by Crippen LogP contribution is 2.40. The number of rotatable bonds is 10. The number of carboxylic acids is 1. The van der Waals surface area contributed by atoms with Gasteiger partial charge in [-0.05, 0) is 61.7 Å². The van der Waals surface area contributed by atoms with E-state index in [4.69, 9.17) is 14.6 Å². The van der Waals surface area contributed by atoms with Gasteiger partial charge in [0.25, 0.3) is 0 Å². The van der Waals surface area contributed by atoms with Gasteiger partial charge in [0.15, 0.2) is 18.1 Å². The van der Waals surface area contributed by atoms with Crippen LogP contribution >= 0.6 is 0 Å². The Kier molecular flexibility index (Phi) is 11.3. The second-order valence-electron chi connectivity index (χ2n) is 11.1. The van der Waals surface area contributed by atoms with Crippen molar-refractivity contribution in [2.75, 3.05) is 18.1 Å². The Hall–Kier alpha value is -4.90. The number of aromatic nitrogens is 2. The molecule has 9 nitrogen and oxygen atoms in total. The molecule has 18 heteroatoms. The number of ether oxygens (including phenoxy) is 2. The normalized spacial score (nSPS) is 16.1. The molecular weight excluding hydrogens is 691 g/mol. The van der Waals surface area contributed by atoms with Gasteiger partial charge in [-0.2, -0.15) is 39.5 Å². The van der Waals surface area contributed by atoms with Crippen molar-refractivity contribution >= 4 is 29.4 Å².